The molecule has 2 aromatic heterocycles. The number of nitrogens with two attached hydrogens (primary N) is 1. The molecule has 2 heterocycles. The fraction of sp³-hybridized carbons (Fsp3) is 0.222. The highest BCUT2D eigenvalue weighted by atomic mass is 79.9. The Morgan fingerprint density at radius 3 is 3.15 bits per heavy atom. The molecule has 0 spiro atoms. The van der Waals surface area contributed by atoms with Crippen LogP contribution < -0.4 is 5.73 Å². The number of rotatable bonds is 2. The van der Waals surface area contributed by atoms with Crippen LogP contribution in [0, 0.1) is 0 Å². The molecular weight excluding hydrogens is 230 g/mol. The van der Waals surface area contributed by atoms with E-state index in [9.17, 15) is 0 Å². The molecule has 13 heavy (non-hydrogen) atoms. The first-order chi connectivity index (χ1) is 6.33. The quantitative estimate of drug-likeness (QED) is 0.866. The summed E-state index contributed by atoms with van der Waals surface area (Å²) in [5, 5.41) is 4.23. The second-order valence-electron chi connectivity index (χ2n) is 2.86. The molecule has 2 N–H and O–H groups in total. The zero-order valence-corrected chi connectivity index (χ0v) is 8.66. The molecule has 0 radical (unpaired) electrons. The summed E-state index contributed by atoms with van der Waals surface area (Å²) in [6.07, 6.45) is 4.67. The first kappa shape index (κ1) is 8.72. The first-order valence-corrected chi connectivity index (χ1v) is 4.93. The maximum absolute atomic E-state index is 5.51. The third-order valence-electron chi connectivity index (χ3n) is 1.98. The summed E-state index contributed by atoms with van der Waals surface area (Å²) < 4.78 is 2.92. The molecule has 0 aliphatic carbocycles. The van der Waals surface area contributed by atoms with E-state index in [1.165, 1.54) is 5.56 Å². The zero-order valence-electron chi connectivity index (χ0n) is 7.07. The molecule has 2 rings (SSSR count). The van der Waals surface area contributed by atoms with Crippen LogP contribution in [0.4, 0.5) is 0 Å². The maximum atomic E-state index is 5.51. The number of hydrogen-bond donors (Lipinski definition) is 1. The van der Waals surface area contributed by atoms with Gasteiger partial charge in [-0.3, -0.25) is 0 Å². The molecule has 68 valence electrons. The third-order valence-corrected chi connectivity index (χ3v) is 2.62. The lowest BCUT2D eigenvalue weighted by molar-refractivity contribution is 0.958. The van der Waals surface area contributed by atoms with Crippen LogP contribution in [-0.4, -0.2) is 16.2 Å². The average Bonchev–Trinajstić information content (AvgIpc) is 2.51. The lowest BCUT2D eigenvalue weighted by Gasteiger charge is -1.98. The molecule has 2 aromatic rings. The van der Waals surface area contributed by atoms with Gasteiger partial charge in [-0.2, -0.15) is 5.10 Å². The van der Waals surface area contributed by atoms with E-state index in [1.807, 2.05) is 29.0 Å². The van der Waals surface area contributed by atoms with Crippen LogP contribution in [0.15, 0.2) is 29.0 Å². The van der Waals surface area contributed by atoms with Crippen molar-refractivity contribution in [3.8, 4) is 0 Å². The number of nitrogens with zero attached hydrogens (tertiary/aromatic N) is 2. The molecule has 0 saturated carbocycles. The highest BCUT2D eigenvalue weighted by Crippen LogP contribution is 2.21. The van der Waals surface area contributed by atoms with Crippen molar-refractivity contribution in [1.82, 2.24) is 9.61 Å². The number of halogens is 1. The Labute approximate surface area is 84.7 Å². The predicted octanol–water partition coefficient (Wildman–Crippen LogP) is 1.60. The summed E-state index contributed by atoms with van der Waals surface area (Å²) in [5.41, 5.74) is 7.82. The molecule has 0 fully saturated rings. The molecule has 3 nitrogen and oxygen atoms in total. The van der Waals surface area contributed by atoms with E-state index < -0.39 is 0 Å². The van der Waals surface area contributed by atoms with E-state index in [2.05, 4.69) is 21.0 Å². The summed E-state index contributed by atoms with van der Waals surface area (Å²) in [7, 11) is 0. The van der Waals surface area contributed by atoms with Gasteiger partial charge in [0.1, 0.15) is 0 Å². The number of aromatic nitrogens is 2. The first-order valence-electron chi connectivity index (χ1n) is 4.13. The van der Waals surface area contributed by atoms with Crippen molar-refractivity contribution in [2.24, 2.45) is 5.73 Å². The second kappa shape index (κ2) is 3.47. The molecular formula is C9H10BrN3. The smallest absolute Gasteiger partial charge is 0.0835 e. The minimum Gasteiger partial charge on any atom is -0.330 e. The molecule has 0 atom stereocenters. The lowest BCUT2D eigenvalue weighted by Crippen LogP contribution is -2.02. The highest BCUT2D eigenvalue weighted by Gasteiger charge is 2.05. The molecule has 0 unspecified atom stereocenters. The van der Waals surface area contributed by atoms with Gasteiger partial charge in [0.15, 0.2) is 0 Å². The lowest BCUT2D eigenvalue weighted by atomic mass is 10.2. The Morgan fingerprint density at radius 2 is 2.38 bits per heavy atom. The monoisotopic (exact) mass is 239 g/mol. The molecule has 4 heteroatoms. The topological polar surface area (TPSA) is 43.3 Å². The van der Waals surface area contributed by atoms with E-state index >= 15 is 0 Å². The number of hydrogen-bond acceptors (Lipinski definition) is 2. The van der Waals surface area contributed by atoms with Crippen LogP contribution in [0.2, 0.25) is 0 Å². The second-order valence-corrected chi connectivity index (χ2v) is 3.71. The third kappa shape index (κ3) is 1.47. The van der Waals surface area contributed by atoms with Crippen LogP contribution in [0.5, 0.6) is 0 Å². The fourth-order valence-electron chi connectivity index (χ4n) is 1.40. The Morgan fingerprint density at radius 1 is 1.54 bits per heavy atom. The number of fused-ring (bicyclic) bond motifs is 1. The van der Waals surface area contributed by atoms with E-state index in [0.29, 0.717) is 6.54 Å². The van der Waals surface area contributed by atoms with E-state index in [1.54, 1.807) is 0 Å². The Kier molecular flexibility index (Phi) is 2.33. The Hall–Kier alpha value is -0.870. The van der Waals surface area contributed by atoms with Gasteiger partial charge in [0.2, 0.25) is 0 Å². The van der Waals surface area contributed by atoms with Gasteiger partial charge >= 0.3 is 0 Å². The normalized spacial score (nSPS) is 10.9. The minimum absolute atomic E-state index is 0.655. The van der Waals surface area contributed by atoms with Crippen molar-refractivity contribution in [3.63, 3.8) is 0 Å². The van der Waals surface area contributed by atoms with Crippen molar-refractivity contribution in [2.45, 2.75) is 6.42 Å². The van der Waals surface area contributed by atoms with Crippen molar-refractivity contribution >= 4 is 21.4 Å². The molecule has 0 aromatic carbocycles. The SMILES string of the molecule is NCCc1cnn2cccc(Br)c12. The highest BCUT2D eigenvalue weighted by molar-refractivity contribution is 9.10. The van der Waals surface area contributed by atoms with E-state index in [4.69, 9.17) is 5.73 Å². The minimum atomic E-state index is 0.655. The Bertz CT molecular complexity index is 422. The van der Waals surface area contributed by atoms with Gasteiger partial charge in [0.05, 0.1) is 11.7 Å². The maximum Gasteiger partial charge on any atom is 0.0835 e. The molecule has 0 saturated heterocycles. The summed E-state index contributed by atoms with van der Waals surface area (Å²) in [6.45, 7) is 0.655. The van der Waals surface area contributed by atoms with Gasteiger partial charge in [-0.05, 0) is 41.0 Å². The molecule has 0 aliphatic rings. The standard InChI is InChI=1S/C9H10BrN3/c10-8-2-1-5-13-9(8)7(3-4-11)6-12-13/h1-2,5-6H,3-4,11H2. The van der Waals surface area contributed by atoms with E-state index in [-0.39, 0.29) is 0 Å². The molecule has 0 aliphatic heterocycles. The summed E-state index contributed by atoms with van der Waals surface area (Å²) in [6, 6.07) is 3.97. The summed E-state index contributed by atoms with van der Waals surface area (Å²) in [5.74, 6) is 0. The van der Waals surface area contributed by atoms with Crippen molar-refractivity contribution in [3.05, 3.63) is 34.6 Å². The average molecular weight is 240 g/mol. The van der Waals surface area contributed by atoms with Crippen molar-refractivity contribution < 1.29 is 0 Å². The van der Waals surface area contributed by atoms with Gasteiger partial charge in [-0.1, -0.05) is 0 Å². The fourth-order valence-corrected chi connectivity index (χ4v) is 1.99. The van der Waals surface area contributed by atoms with Crippen LogP contribution in [0.25, 0.3) is 5.52 Å². The van der Waals surface area contributed by atoms with Gasteiger partial charge in [-0.15, -0.1) is 0 Å². The predicted molar refractivity (Wildman–Crippen MR) is 55.7 cm³/mol. The number of pyridine rings is 1. The van der Waals surface area contributed by atoms with Gasteiger partial charge < -0.3 is 5.73 Å². The zero-order chi connectivity index (χ0) is 9.26. The van der Waals surface area contributed by atoms with E-state index in [0.717, 1.165) is 16.4 Å². The van der Waals surface area contributed by atoms with Crippen molar-refractivity contribution in [2.75, 3.05) is 6.54 Å². The molecule has 0 bridgehead atoms. The summed E-state index contributed by atoms with van der Waals surface area (Å²) in [4.78, 5) is 0. The van der Waals surface area contributed by atoms with Crippen molar-refractivity contribution in [1.29, 1.82) is 0 Å². The van der Waals surface area contributed by atoms with Gasteiger partial charge in [0, 0.05) is 16.2 Å². The van der Waals surface area contributed by atoms with Crippen LogP contribution in [0.3, 0.4) is 0 Å². The van der Waals surface area contributed by atoms with Crippen LogP contribution in [-0.2, 0) is 6.42 Å². The van der Waals surface area contributed by atoms with Gasteiger partial charge in [-0.25, -0.2) is 4.52 Å². The van der Waals surface area contributed by atoms with Crippen LogP contribution >= 0.6 is 15.9 Å². The summed E-state index contributed by atoms with van der Waals surface area (Å²) >= 11 is 3.50. The Balaban J connectivity index is 2.64. The molecule has 0 amide bonds. The van der Waals surface area contributed by atoms with Crippen LogP contribution in [0.1, 0.15) is 5.56 Å². The van der Waals surface area contributed by atoms with Gasteiger partial charge in [0.25, 0.3) is 0 Å². The largest absolute Gasteiger partial charge is 0.330 e.